The van der Waals surface area contributed by atoms with Crippen LogP contribution in [0.4, 0.5) is 5.95 Å². The minimum Gasteiger partial charge on any atom is -0.388 e. The largest absolute Gasteiger partial charge is 0.388 e. The third-order valence-electron chi connectivity index (χ3n) is 8.03. The van der Waals surface area contributed by atoms with Gasteiger partial charge in [0.15, 0.2) is 0 Å². The number of nitriles is 1. The van der Waals surface area contributed by atoms with Gasteiger partial charge in [0.05, 0.1) is 28.1 Å². The van der Waals surface area contributed by atoms with Crippen LogP contribution in [-0.2, 0) is 11.3 Å². The molecule has 11 heteroatoms. The zero-order valence-electron chi connectivity index (χ0n) is 24.3. The molecule has 43 heavy (non-hydrogen) atoms. The second-order valence-corrected chi connectivity index (χ2v) is 12.9. The molecule has 1 aliphatic heterocycles. The van der Waals surface area contributed by atoms with Crippen LogP contribution in [0.1, 0.15) is 67.3 Å². The van der Waals surface area contributed by atoms with Gasteiger partial charge in [-0.2, -0.15) is 10.4 Å². The molecule has 1 aromatic carbocycles. The molecule has 2 N–H and O–H groups in total. The van der Waals surface area contributed by atoms with Gasteiger partial charge >= 0.3 is 0 Å². The minimum absolute atomic E-state index is 0.157. The van der Waals surface area contributed by atoms with E-state index in [-0.39, 0.29) is 23.4 Å². The summed E-state index contributed by atoms with van der Waals surface area (Å²) in [5.41, 5.74) is 2.44. The minimum atomic E-state index is -0.620. The average Bonchev–Trinajstić information content (AvgIpc) is 3.44. The van der Waals surface area contributed by atoms with Gasteiger partial charge in [0, 0.05) is 25.5 Å². The molecule has 1 saturated heterocycles. The van der Waals surface area contributed by atoms with E-state index in [1.165, 1.54) is 11.3 Å². The summed E-state index contributed by atoms with van der Waals surface area (Å²) < 4.78 is 3.65. The fraction of sp³-hybridized carbons (Fsp3) is 0.406. The number of amides is 2. The number of likely N-dealkylation sites (tertiary alicyclic amines) is 1. The molecule has 1 saturated carbocycles. The molecular formula is C32H35N7O3S. The third-order valence-corrected chi connectivity index (χ3v) is 9.10. The average molecular weight is 598 g/mol. The van der Waals surface area contributed by atoms with E-state index in [1.54, 1.807) is 21.8 Å². The number of fused-ring (bicyclic) bond motifs is 1. The maximum atomic E-state index is 13.4. The summed E-state index contributed by atoms with van der Waals surface area (Å²) in [4.78, 5) is 34.0. The second kappa shape index (κ2) is 12.1. The molecule has 10 nitrogen and oxygen atoms in total. The van der Waals surface area contributed by atoms with Gasteiger partial charge < -0.3 is 14.6 Å². The van der Waals surface area contributed by atoms with Crippen molar-refractivity contribution in [3.63, 3.8) is 0 Å². The Morgan fingerprint density at radius 2 is 2.07 bits per heavy atom. The number of aliphatic hydroxyl groups excluding tert-OH is 1. The van der Waals surface area contributed by atoms with Gasteiger partial charge in [-0.3, -0.25) is 14.9 Å². The number of rotatable bonds is 10. The highest BCUT2D eigenvalue weighted by Gasteiger charge is 2.33. The van der Waals surface area contributed by atoms with Crippen molar-refractivity contribution >= 4 is 40.1 Å². The van der Waals surface area contributed by atoms with Crippen molar-refractivity contribution in [2.75, 3.05) is 11.9 Å². The number of allylic oxidation sites excluding steroid dienone is 1. The van der Waals surface area contributed by atoms with Crippen LogP contribution in [0.3, 0.4) is 0 Å². The highest BCUT2D eigenvalue weighted by molar-refractivity contribution is 7.16. The molecule has 0 bridgehead atoms. The predicted molar refractivity (Wildman–Crippen MR) is 165 cm³/mol. The topological polar surface area (TPSA) is 129 Å². The maximum Gasteiger partial charge on any atom is 0.268 e. The number of hydrogen-bond acceptors (Lipinski definition) is 7. The van der Waals surface area contributed by atoms with Crippen molar-refractivity contribution in [2.24, 2.45) is 11.8 Å². The standard InChI is InChI=1S/C32H35N7O3S/c1-20(2)15-27(40)22-8-9-26-25(17-22)35-32(36-30(41)28-10-11-29(43-28)39-14-4-12-34-39)38(26)19-24-5-3-13-37(24)31(42)23(18-33)16-21-6-7-21/h4,8-12,14,16-17,20-21,24,27,40H,3,5-7,13,15,19H2,1-2H3,(H,35,36,41)/b23-16-/t24-,27?/m1/s1. The summed E-state index contributed by atoms with van der Waals surface area (Å²) in [6.07, 6.45) is 9.00. The summed E-state index contributed by atoms with van der Waals surface area (Å²) in [6.45, 7) is 5.13. The quantitative estimate of drug-likeness (QED) is 0.184. The monoisotopic (exact) mass is 597 g/mol. The number of carbonyl (C=O) groups excluding carboxylic acids is 2. The number of imidazole rings is 1. The molecule has 2 atom stereocenters. The number of carbonyl (C=O) groups is 2. The van der Waals surface area contributed by atoms with E-state index >= 15 is 0 Å². The zero-order valence-corrected chi connectivity index (χ0v) is 25.1. The molecule has 1 aliphatic carbocycles. The van der Waals surface area contributed by atoms with Gasteiger partial charge in [-0.25, -0.2) is 9.67 Å². The smallest absolute Gasteiger partial charge is 0.268 e. The fourth-order valence-electron chi connectivity index (χ4n) is 5.67. The number of nitrogens with one attached hydrogen (secondary N) is 1. The molecule has 222 valence electrons. The number of hydrogen-bond donors (Lipinski definition) is 2. The number of nitrogens with zero attached hydrogens (tertiary/aromatic N) is 6. The fourth-order valence-corrected chi connectivity index (χ4v) is 6.51. The van der Waals surface area contributed by atoms with Crippen LogP contribution in [0.5, 0.6) is 0 Å². The Labute approximate surface area is 254 Å². The Kier molecular flexibility index (Phi) is 8.15. The first-order valence-electron chi connectivity index (χ1n) is 14.8. The summed E-state index contributed by atoms with van der Waals surface area (Å²) in [5.74, 6) is 0.506. The molecule has 1 unspecified atom stereocenters. The first kappa shape index (κ1) is 28.8. The molecule has 4 heterocycles. The Morgan fingerprint density at radius 3 is 2.79 bits per heavy atom. The molecule has 4 aromatic rings. The molecule has 2 amide bonds. The molecule has 2 aliphatic rings. The lowest BCUT2D eigenvalue weighted by Gasteiger charge is -2.26. The lowest BCUT2D eigenvalue weighted by atomic mass is 9.99. The molecular weight excluding hydrogens is 562 g/mol. The summed E-state index contributed by atoms with van der Waals surface area (Å²) in [5, 5.41) is 28.6. The highest BCUT2D eigenvalue weighted by Crippen LogP contribution is 2.33. The van der Waals surface area contributed by atoms with Gasteiger partial charge in [0.1, 0.15) is 16.6 Å². The molecule has 0 spiro atoms. The first-order valence-corrected chi connectivity index (χ1v) is 15.6. The summed E-state index contributed by atoms with van der Waals surface area (Å²) in [6, 6.07) is 13.1. The van der Waals surface area contributed by atoms with E-state index < -0.39 is 6.10 Å². The summed E-state index contributed by atoms with van der Waals surface area (Å²) >= 11 is 1.32. The van der Waals surface area contributed by atoms with Crippen molar-refractivity contribution in [3.05, 3.63) is 70.9 Å². The highest BCUT2D eigenvalue weighted by atomic mass is 32.1. The van der Waals surface area contributed by atoms with Gasteiger partial charge in [-0.1, -0.05) is 26.0 Å². The summed E-state index contributed by atoms with van der Waals surface area (Å²) in [7, 11) is 0. The van der Waals surface area contributed by atoms with Crippen LogP contribution >= 0.6 is 11.3 Å². The van der Waals surface area contributed by atoms with Crippen LogP contribution in [0.2, 0.25) is 0 Å². The zero-order chi connectivity index (χ0) is 30.1. The Hall–Kier alpha value is -4.27. The van der Waals surface area contributed by atoms with Gasteiger partial charge in [-0.15, -0.1) is 11.3 Å². The predicted octanol–water partition coefficient (Wildman–Crippen LogP) is 5.47. The Bertz CT molecular complexity index is 1710. The van der Waals surface area contributed by atoms with E-state index in [0.29, 0.717) is 47.7 Å². The van der Waals surface area contributed by atoms with Crippen molar-refractivity contribution < 1.29 is 14.7 Å². The van der Waals surface area contributed by atoms with Crippen LogP contribution in [0.25, 0.3) is 16.0 Å². The number of aliphatic hydroxyl groups is 1. The molecule has 6 rings (SSSR count). The number of anilines is 1. The Balaban J connectivity index is 1.31. The van der Waals surface area contributed by atoms with E-state index in [0.717, 1.165) is 41.8 Å². The van der Waals surface area contributed by atoms with Crippen LogP contribution in [0, 0.1) is 23.2 Å². The lowest BCUT2D eigenvalue weighted by Crippen LogP contribution is -2.39. The second-order valence-electron chi connectivity index (χ2n) is 11.8. The van der Waals surface area contributed by atoms with Gasteiger partial charge in [0.25, 0.3) is 11.8 Å². The van der Waals surface area contributed by atoms with Crippen LogP contribution in [-0.4, -0.2) is 53.7 Å². The Morgan fingerprint density at radius 1 is 1.23 bits per heavy atom. The number of thiophene rings is 1. The van der Waals surface area contributed by atoms with Crippen molar-refractivity contribution in [3.8, 4) is 11.1 Å². The van der Waals surface area contributed by atoms with E-state index in [4.69, 9.17) is 4.98 Å². The number of benzene rings is 1. The van der Waals surface area contributed by atoms with Crippen LogP contribution < -0.4 is 5.32 Å². The lowest BCUT2D eigenvalue weighted by molar-refractivity contribution is -0.127. The maximum absolute atomic E-state index is 13.4. The van der Waals surface area contributed by atoms with E-state index in [1.807, 2.05) is 47.2 Å². The number of aromatic nitrogens is 4. The SMILES string of the molecule is CC(C)CC(O)c1ccc2c(c1)nc(NC(=O)c1ccc(-n3cccn3)s1)n2C[C@H]1CCCN1C(=O)/C(C#N)=C\C1CC1. The van der Waals surface area contributed by atoms with Crippen LogP contribution in [0.15, 0.2) is 60.4 Å². The normalized spacial score (nSPS) is 17.9. The van der Waals surface area contributed by atoms with Gasteiger partial charge in [-0.05, 0) is 79.8 Å². The molecule has 0 radical (unpaired) electrons. The third kappa shape index (κ3) is 6.26. The van der Waals surface area contributed by atoms with Crippen molar-refractivity contribution in [1.82, 2.24) is 24.2 Å². The van der Waals surface area contributed by atoms with E-state index in [2.05, 4.69) is 30.3 Å². The first-order chi connectivity index (χ1) is 20.8. The van der Waals surface area contributed by atoms with E-state index in [9.17, 15) is 20.0 Å². The van der Waals surface area contributed by atoms with Gasteiger partial charge in [0.2, 0.25) is 5.95 Å². The molecule has 3 aromatic heterocycles. The van der Waals surface area contributed by atoms with Crippen molar-refractivity contribution in [2.45, 2.75) is 64.6 Å². The van der Waals surface area contributed by atoms with Crippen molar-refractivity contribution in [1.29, 1.82) is 5.26 Å². The molecule has 2 fully saturated rings.